The van der Waals surface area contributed by atoms with E-state index in [4.69, 9.17) is 0 Å². The zero-order valence-corrected chi connectivity index (χ0v) is 10.5. The van der Waals surface area contributed by atoms with E-state index in [2.05, 4.69) is 10.6 Å². The normalized spacial score (nSPS) is 18.2. The van der Waals surface area contributed by atoms with Crippen LogP contribution in [0.3, 0.4) is 0 Å². The minimum absolute atomic E-state index is 0.0890. The summed E-state index contributed by atoms with van der Waals surface area (Å²) >= 11 is 0. The van der Waals surface area contributed by atoms with Crippen molar-refractivity contribution >= 4 is 17.8 Å². The van der Waals surface area contributed by atoms with Gasteiger partial charge < -0.3 is 10.2 Å². The average molecular weight is 241 g/mol. The van der Waals surface area contributed by atoms with Crippen molar-refractivity contribution in [2.75, 3.05) is 13.1 Å². The minimum atomic E-state index is -0.959. The smallest absolute Gasteiger partial charge is 0.325 e. The molecule has 4 amide bonds. The lowest BCUT2D eigenvalue weighted by molar-refractivity contribution is -0.127. The summed E-state index contributed by atoms with van der Waals surface area (Å²) in [5.41, 5.74) is -0.959. The fourth-order valence-corrected chi connectivity index (χ4v) is 1.57. The van der Waals surface area contributed by atoms with E-state index in [0.29, 0.717) is 6.54 Å². The lowest BCUT2D eigenvalue weighted by atomic mass is 10.0. The second-order valence-electron chi connectivity index (χ2n) is 4.61. The van der Waals surface area contributed by atoms with Crippen LogP contribution < -0.4 is 10.6 Å². The maximum atomic E-state index is 11.6. The highest BCUT2D eigenvalue weighted by molar-refractivity contribution is 6.07. The first kappa shape index (κ1) is 13.5. The zero-order valence-electron chi connectivity index (χ0n) is 10.5. The van der Waals surface area contributed by atoms with Crippen molar-refractivity contribution in [2.45, 2.75) is 39.2 Å². The molecule has 1 rings (SSSR count). The molecule has 0 atom stereocenters. The molecule has 0 radical (unpaired) electrons. The molecule has 17 heavy (non-hydrogen) atoms. The van der Waals surface area contributed by atoms with Crippen LogP contribution in [-0.2, 0) is 9.59 Å². The molecule has 0 aromatic carbocycles. The number of nitrogens with zero attached hydrogens (tertiary/aromatic N) is 1. The van der Waals surface area contributed by atoms with Gasteiger partial charge in [-0.1, -0.05) is 13.3 Å². The number of carbonyl (C=O) groups is 3. The monoisotopic (exact) mass is 241 g/mol. The highest BCUT2D eigenvalue weighted by atomic mass is 16.2. The summed E-state index contributed by atoms with van der Waals surface area (Å²) in [4.78, 5) is 35.7. The number of hydrogen-bond acceptors (Lipinski definition) is 3. The van der Waals surface area contributed by atoms with Crippen molar-refractivity contribution < 1.29 is 14.4 Å². The van der Waals surface area contributed by atoms with Gasteiger partial charge in [0.2, 0.25) is 5.91 Å². The Morgan fingerprint density at radius 2 is 2.06 bits per heavy atom. The number of nitrogens with one attached hydrogen (secondary N) is 2. The van der Waals surface area contributed by atoms with Crippen molar-refractivity contribution in [3.63, 3.8) is 0 Å². The molecule has 0 aliphatic carbocycles. The Kier molecular flexibility index (Phi) is 4.09. The van der Waals surface area contributed by atoms with Crippen LogP contribution in [0.15, 0.2) is 0 Å². The van der Waals surface area contributed by atoms with Gasteiger partial charge in [-0.3, -0.25) is 14.9 Å². The average Bonchev–Trinajstić information content (AvgIpc) is 2.42. The number of rotatable bonds is 5. The van der Waals surface area contributed by atoms with Gasteiger partial charge >= 0.3 is 6.03 Å². The van der Waals surface area contributed by atoms with E-state index < -0.39 is 11.6 Å². The van der Waals surface area contributed by atoms with Crippen LogP contribution in [0.2, 0.25) is 0 Å². The number of unbranched alkanes of at least 4 members (excludes halogenated alkanes) is 1. The second-order valence-corrected chi connectivity index (χ2v) is 4.61. The molecule has 0 unspecified atom stereocenters. The standard InChI is InChI=1S/C11H19N3O3/c1-4-5-6-12-8(15)7-14-10(17)13-9(16)11(14,2)3/h4-7H2,1-3H3,(H,12,15)(H,13,16,17). The number of imide groups is 1. The van der Waals surface area contributed by atoms with Gasteiger partial charge in [-0.15, -0.1) is 0 Å². The molecule has 1 fully saturated rings. The fourth-order valence-electron chi connectivity index (χ4n) is 1.57. The maximum absolute atomic E-state index is 11.6. The topological polar surface area (TPSA) is 78.5 Å². The minimum Gasteiger partial charge on any atom is -0.355 e. The summed E-state index contributed by atoms with van der Waals surface area (Å²) in [5, 5.41) is 4.91. The SMILES string of the molecule is CCCCNC(=O)CN1C(=O)NC(=O)C1(C)C. The van der Waals surface area contributed by atoms with Crippen molar-refractivity contribution in [3.8, 4) is 0 Å². The van der Waals surface area contributed by atoms with Crippen molar-refractivity contribution in [3.05, 3.63) is 0 Å². The summed E-state index contributed by atoms with van der Waals surface area (Å²) in [5.74, 6) is -0.611. The molecule has 2 N–H and O–H groups in total. The van der Waals surface area contributed by atoms with Gasteiger partial charge in [0, 0.05) is 6.54 Å². The van der Waals surface area contributed by atoms with Crippen molar-refractivity contribution in [2.24, 2.45) is 0 Å². The predicted molar refractivity (Wildman–Crippen MR) is 62.2 cm³/mol. The van der Waals surface area contributed by atoms with E-state index >= 15 is 0 Å². The Labute approximate surface area is 101 Å². The Bertz CT molecular complexity index is 339. The van der Waals surface area contributed by atoms with E-state index in [1.165, 1.54) is 4.90 Å². The van der Waals surface area contributed by atoms with Gasteiger partial charge in [-0.25, -0.2) is 4.79 Å². The molecule has 0 spiro atoms. The highest BCUT2D eigenvalue weighted by Gasteiger charge is 2.46. The van der Waals surface area contributed by atoms with Crippen LogP contribution in [0, 0.1) is 0 Å². The Morgan fingerprint density at radius 3 is 2.53 bits per heavy atom. The Hall–Kier alpha value is -1.59. The van der Waals surface area contributed by atoms with Crippen LogP contribution in [0.25, 0.3) is 0 Å². The molecule has 0 bridgehead atoms. The highest BCUT2D eigenvalue weighted by Crippen LogP contribution is 2.19. The Balaban J connectivity index is 2.53. The van der Waals surface area contributed by atoms with Gasteiger partial charge in [-0.05, 0) is 20.3 Å². The molecule has 0 aromatic heterocycles. The van der Waals surface area contributed by atoms with Crippen LogP contribution in [0.1, 0.15) is 33.6 Å². The molecular formula is C11H19N3O3. The molecule has 1 aliphatic heterocycles. The summed E-state index contributed by atoms with van der Waals surface area (Å²) < 4.78 is 0. The largest absolute Gasteiger partial charge is 0.355 e. The van der Waals surface area contributed by atoms with E-state index in [1.54, 1.807) is 13.8 Å². The molecule has 0 aromatic rings. The van der Waals surface area contributed by atoms with E-state index in [9.17, 15) is 14.4 Å². The third-order valence-corrected chi connectivity index (χ3v) is 2.85. The van der Waals surface area contributed by atoms with E-state index in [0.717, 1.165) is 12.8 Å². The quantitative estimate of drug-likeness (QED) is 0.534. The molecule has 6 nitrogen and oxygen atoms in total. The zero-order chi connectivity index (χ0) is 13.1. The van der Waals surface area contributed by atoms with Crippen LogP contribution in [0.4, 0.5) is 4.79 Å². The molecule has 1 aliphatic rings. The maximum Gasteiger partial charge on any atom is 0.325 e. The molecule has 1 saturated heterocycles. The van der Waals surface area contributed by atoms with E-state index in [1.807, 2.05) is 6.92 Å². The van der Waals surface area contributed by atoms with E-state index in [-0.39, 0.29) is 18.4 Å². The fraction of sp³-hybridized carbons (Fsp3) is 0.727. The lowest BCUT2D eigenvalue weighted by Gasteiger charge is -2.27. The van der Waals surface area contributed by atoms with Crippen molar-refractivity contribution in [1.29, 1.82) is 0 Å². The third kappa shape index (κ3) is 2.95. The van der Waals surface area contributed by atoms with Gasteiger partial charge in [0.1, 0.15) is 12.1 Å². The Morgan fingerprint density at radius 1 is 1.41 bits per heavy atom. The molecular weight excluding hydrogens is 222 g/mol. The lowest BCUT2D eigenvalue weighted by Crippen LogP contribution is -2.49. The molecule has 96 valence electrons. The summed E-state index contributed by atoms with van der Waals surface area (Å²) in [6.07, 6.45) is 1.90. The number of urea groups is 1. The first-order chi connectivity index (χ1) is 7.89. The first-order valence-electron chi connectivity index (χ1n) is 5.79. The van der Waals surface area contributed by atoms with Crippen LogP contribution >= 0.6 is 0 Å². The van der Waals surface area contributed by atoms with Crippen LogP contribution in [0.5, 0.6) is 0 Å². The van der Waals surface area contributed by atoms with Gasteiger partial charge in [0.15, 0.2) is 0 Å². The molecule has 1 heterocycles. The van der Waals surface area contributed by atoms with Gasteiger partial charge in [0.05, 0.1) is 0 Å². The summed E-state index contributed by atoms with van der Waals surface area (Å²) in [6, 6.07) is -0.509. The second kappa shape index (κ2) is 5.16. The number of amides is 4. The first-order valence-corrected chi connectivity index (χ1v) is 5.79. The van der Waals surface area contributed by atoms with Gasteiger partial charge in [0.25, 0.3) is 5.91 Å². The van der Waals surface area contributed by atoms with Crippen molar-refractivity contribution in [1.82, 2.24) is 15.5 Å². The van der Waals surface area contributed by atoms with Gasteiger partial charge in [-0.2, -0.15) is 0 Å². The summed E-state index contributed by atoms with van der Waals surface area (Å²) in [7, 11) is 0. The van der Waals surface area contributed by atoms with Crippen LogP contribution in [-0.4, -0.2) is 41.4 Å². The predicted octanol–water partition coefficient (Wildman–Crippen LogP) is 0.233. The molecule has 0 saturated carbocycles. The number of hydrogen-bond donors (Lipinski definition) is 2. The third-order valence-electron chi connectivity index (χ3n) is 2.85. The number of carbonyl (C=O) groups excluding carboxylic acids is 3. The molecule has 6 heteroatoms. The summed E-state index contributed by atoms with van der Waals surface area (Å²) in [6.45, 7) is 5.77.